The molecule has 0 bridgehead atoms. The van der Waals surface area contributed by atoms with Gasteiger partial charge in [0.2, 0.25) is 0 Å². The Bertz CT molecular complexity index is 453. The lowest BCUT2D eigenvalue weighted by molar-refractivity contribution is 0.144. The predicted octanol–water partition coefficient (Wildman–Crippen LogP) is 2.90. The van der Waals surface area contributed by atoms with Crippen molar-refractivity contribution >= 4 is 0 Å². The molecule has 0 aliphatic heterocycles. The minimum atomic E-state index is -0.420. The molecule has 2 nitrogen and oxygen atoms in total. The van der Waals surface area contributed by atoms with Crippen LogP contribution in [-0.2, 0) is 6.54 Å². The Morgan fingerprint density at radius 3 is 2.06 bits per heavy atom. The lowest BCUT2D eigenvalue weighted by atomic mass is 10.0. The summed E-state index contributed by atoms with van der Waals surface area (Å²) in [5, 5.41) is 13.3. The van der Waals surface area contributed by atoms with E-state index in [0.29, 0.717) is 0 Å². The molecule has 0 saturated heterocycles. The fourth-order valence-electron chi connectivity index (χ4n) is 2.05. The highest BCUT2D eigenvalue weighted by atomic mass is 16.3. The Morgan fingerprint density at radius 2 is 1.50 bits per heavy atom. The van der Waals surface area contributed by atoms with E-state index in [2.05, 4.69) is 17.4 Å². The largest absolute Gasteiger partial charge is 0.391 e. The van der Waals surface area contributed by atoms with Crippen molar-refractivity contribution in [3.63, 3.8) is 0 Å². The predicted molar refractivity (Wildman–Crippen MR) is 74.1 cm³/mol. The van der Waals surface area contributed by atoms with Gasteiger partial charge in [-0.15, -0.1) is 0 Å². The van der Waals surface area contributed by atoms with Gasteiger partial charge in [-0.05, 0) is 18.1 Å². The standard InChI is InChI=1S/C16H19NO/c1-13(18)16(15-10-6-3-7-11-15)17-12-14-8-4-2-5-9-14/h2-11,13,16-18H,12H2,1H3/t13-,16-/m0/s1. The van der Waals surface area contributed by atoms with Crippen LogP contribution < -0.4 is 5.32 Å². The normalized spacial score (nSPS) is 14.1. The molecule has 0 unspecified atom stereocenters. The molecule has 0 spiro atoms. The van der Waals surface area contributed by atoms with Crippen LogP contribution in [0.2, 0.25) is 0 Å². The third-order valence-electron chi connectivity index (χ3n) is 3.01. The quantitative estimate of drug-likeness (QED) is 0.843. The molecule has 0 heterocycles. The second-order valence-corrected chi connectivity index (χ2v) is 4.50. The molecule has 18 heavy (non-hydrogen) atoms. The lowest BCUT2D eigenvalue weighted by Gasteiger charge is -2.22. The molecule has 2 atom stereocenters. The first-order valence-corrected chi connectivity index (χ1v) is 6.27. The average Bonchev–Trinajstić information content (AvgIpc) is 2.41. The third kappa shape index (κ3) is 3.42. The SMILES string of the molecule is C[C@H](O)[C@H](NCc1ccccc1)c1ccccc1. The summed E-state index contributed by atoms with van der Waals surface area (Å²) >= 11 is 0. The zero-order valence-electron chi connectivity index (χ0n) is 10.6. The van der Waals surface area contributed by atoms with Gasteiger partial charge in [0.05, 0.1) is 12.1 Å². The van der Waals surface area contributed by atoms with Gasteiger partial charge < -0.3 is 10.4 Å². The molecule has 0 aliphatic carbocycles. The van der Waals surface area contributed by atoms with Crippen molar-refractivity contribution in [2.45, 2.75) is 25.6 Å². The summed E-state index contributed by atoms with van der Waals surface area (Å²) in [6.45, 7) is 2.57. The van der Waals surface area contributed by atoms with Crippen molar-refractivity contribution in [3.05, 3.63) is 71.8 Å². The number of aliphatic hydroxyl groups excluding tert-OH is 1. The number of nitrogens with one attached hydrogen (secondary N) is 1. The minimum absolute atomic E-state index is 0.0357. The lowest BCUT2D eigenvalue weighted by Crippen LogP contribution is -2.29. The molecule has 0 radical (unpaired) electrons. The van der Waals surface area contributed by atoms with Crippen molar-refractivity contribution in [3.8, 4) is 0 Å². The van der Waals surface area contributed by atoms with Gasteiger partial charge >= 0.3 is 0 Å². The maximum absolute atomic E-state index is 9.88. The van der Waals surface area contributed by atoms with Crippen LogP contribution in [0.25, 0.3) is 0 Å². The monoisotopic (exact) mass is 241 g/mol. The minimum Gasteiger partial charge on any atom is -0.391 e. The Labute approximate surface area is 108 Å². The molecule has 2 aromatic carbocycles. The van der Waals surface area contributed by atoms with Crippen LogP contribution in [0.1, 0.15) is 24.1 Å². The second-order valence-electron chi connectivity index (χ2n) is 4.50. The zero-order valence-corrected chi connectivity index (χ0v) is 10.6. The van der Waals surface area contributed by atoms with Crippen molar-refractivity contribution in [1.29, 1.82) is 0 Å². The average molecular weight is 241 g/mol. The number of aliphatic hydroxyl groups is 1. The highest BCUT2D eigenvalue weighted by Gasteiger charge is 2.15. The number of rotatable bonds is 5. The van der Waals surface area contributed by atoms with E-state index in [1.165, 1.54) is 5.56 Å². The molecule has 0 aliphatic rings. The van der Waals surface area contributed by atoms with Crippen molar-refractivity contribution in [2.24, 2.45) is 0 Å². The van der Waals surface area contributed by atoms with E-state index in [-0.39, 0.29) is 6.04 Å². The molecule has 2 heteroatoms. The Kier molecular flexibility index (Phi) is 4.51. The van der Waals surface area contributed by atoms with E-state index in [1.807, 2.05) is 55.5 Å². The summed E-state index contributed by atoms with van der Waals surface area (Å²) in [5.74, 6) is 0. The van der Waals surface area contributed by atoms with Gasteiger partial charge in [-0.3, -0.25) is 0 Å². The fraction of sp³-hybridized carbons (Fsp3) is 0.250. The second kappa shape index (κ2) is 6.34. The van der Waals surface area contributed by atoms with Gasteiger partial charge in [-0.1, -0.05) is 60.7 Å². The van der Waals surface area contributed by atoms with E-state index < -0.39 is 6.10 Å². The number of benzene rings is 2. The van der Waals surface area contributed by atoms with Gasteiger partial charge in [0, 0.05) is 6.54 Å². The van der Waals surface area contributed by atoms with Gasteiger partial charge in [-0.25, -0.2) is 0 Å². The smallest absolute Gasteiger partial charge is 0.0706 e. The van der Waals surface area contributed by atoms with Crippen molar-refractivity contribution in [1.82, 2.24) is 5.32 Å². The Morgan fingerprint density at radius 1 is 0.944 bits per heavy atom. The Hall–Kier alpha value is -1.64. The van der Waals surface area contributed by atoms with Gasteiger partial charge in [0.15, 0.2) is 0 Å². The fourth-order valence-corrected chi connectivity index (χ4v) is 2.05. The highest BCUT2D eigenvalue weighted by molar-refractivity contribution is 5.21. The zero-order chi connectivity index (χ0) is 12.8. The van der Waals surface area contributed by atoms with Crippen LogP contribution in [0.5, 0.6) is 0 Å². The van der Waals surface area contributed by atoms with Crippen LogP contribution in [0.3, 0.4) is 0 Å². The first-order valence-electron chi connectivity index (χ1n) is 6.27. The van der Waals surface area contributed by atoms with Crippen LogP contribution in [0, 0.1) is 0 Å². The van der Waals surface area contributed by atoms with Crippen molar-refractivity contribution < 1.29 is 5.11 Å². The highest BCUT2D eigenvalue weighted by Crippen LogP contribution is 2.17. The molecular weight excluding hydrogens is 222 g/mol. The summed E-state index contributed by atoms with van der Waals surface area (Å²) in [5.41, 5.74) is 2.34. The summed E-state index contributed by atoms with van der Waals surface area (Å²) in [6.07, 6.45) is -0.420. The molecule has 94 valence electrons. The maximum atomic E-state index is 9.88. The van der Waals surface area contributed by atoms with Crippen LogP contribution in [-0.4, -0.2) is 11.2 Å². The van der Waals surface area contributed by atoms with E-state index in [4.69, 9.17) is 0 Å². The first kappa shape index (κ1) is 12.8. The molecule has 2 aromatic rings. The first-order chi connectivity index (χ1) is 8.77. The molecule has 0 fully saturated rings. The maximum Gasteiger partial charge on any atom is 0.0706 e. The van der Waals surface area contributed by atoms with E-state index >= 15 is 0 Å². The third-order valence-corrected chi connectivity index (χ3v) is 3.01. The van der Waals surface area contributed by atoms with Gasteiger partial charge in [0.1, 0.15) is 0 Å². The van der Waals surface area contributed by atoms with E-state index in [9.17, 15) is 5.11 Å². The number of hydrogen-bond acceptors (Lipinski definition) is 2. The van der Waals surface area contributed by atoms with E-state index in [1.54, 1.807) is 0 Å². The summed E-state index contributed by atoms with van der Waals surface area (Å²) in [6, 6.07) is 20.2. The van der Waals surface area contributed by atoms with Crippen LogP contribution in [0.4, 0.5) is 0 Å². The molecule has 0 aromatic heterocycles. The van der Waals surface area contributed by atoms with Crippen LogP contribution in [0.15, 0.2) is 60.7 Å². The molecule has 2 N–H and O–H groups in total. The molecule has 0 saturated carbocycles. The summed E-state index contributed by atoms with van der Waals surface area (Å²) in [7, 11) is 0. The topological polar surface area (TPSA) is 32.3 Å². The van der Waals surface area contributed by atoms with Gasteiger partial charge in [-0.2, -0.15) is 0 Å². The Balaban J connectivity index is 2.04. The summed E-state index contributed by atoms with van der Waals surface area (Å²) in [4.78, 5) is 0. The molecular formula is C16H19NO. The summed E-state index contributed by atoms with van der Waals surface area (Å²) < 4.78 is 0. The molecule has 2 rings (SSSR count). The van der Waals surface area contributed by atoms with E-state index in [0.717, 1.165) is 12.1 Å². The van der Waals surface area contributed by atoms with Crippen molar-refractivity contribution in [2.75, 3.05) is 0 Å². The van der Waals surface area contributed by atoms with Gasteiger partial charge in [0.25, 0.3) is 0 Å². The van der Waals surface area contributed by atoms with Crippen LogP contribution >= 0.6 is 0 Å². The number of hydrogen-bond donors (Lipinski definition) is 2. The molecule has 0 amide bonds.